The van der Waals surface area contributed by atoms with Crippen molar-refractivity contribution >= 4 is 17.6 Å². The van der Waals surface area contributed by atoms with E-state index in [4.69, 9.17) is 4.74 Å². The average molecular weight is 331 g/mol. The van der Waals surface area contributed by atoms with Gasteiger partial charge in [-0.15, -0.1) is 5.10 Å². The lowest BCUT2D eigenvalue weighted by molar-refractivity contribution is -0.384. The molecule has 124 valence electrons. The fraction of sp³-hybridized carbons (Fsp3) is 0.200. The van der Waals surface area contributed by atoms with Crippen molar-refractivity contribution in [1.29, 1.82) is 0 Å². The summed E-state index contributed by atoms with van der Waals surface area (Å²) in [4.78, 5) is 34.4. The van der Waals surface area contributed by atoms with Crippen LogP contribution in [0.4, 0.5) is 5.69 Å². The van der Waals surface area contributed by atoms with Gasteiger partial charge in [0.1, 0.15) is 0 Å². The summed E-state index contributed by atoms with van der Waals surface area (Å²) in [5, 5.41) is 28.1. The quantitative estimate of drug-likeness (QED) is 0.501. The normalized spacial score (nSPS) is 10.2. The third kappa shape index (κ3) is 3.05. The van der Waals surface area contributed by atoms with Crippen LogP contribution in [0.25, 0.3) is 11.1 Å². The molecule has 0 aliphatic heterocycles. The Morgan fingerprint density at radius 2 is 1.96 bits per heavy atom. The van der Waals surface area contributed by atoms with Crippen LogP contribution in [0.2, 0.25) is 0 Å². The Morgan fingerprint density at radius 1 is 1.29 bits per heavy atom. The molecule has 0 fully saturated rings. The first-order chi connectivity index (χ1) is 11.4. The lowest BCUT2D eigenvalue weighted by atomic mass is 9.96. The summed E-state index contributed by atoms with van der Waals surface area (Å²) in [5.41, 5.74) is -1.25. The maximum absolute atomic E-state index is 12.1. The molecule has 0 bridgehead atoms. The molecule has 0 amide bonds. The number of nitrogens with zero attached hydrogens (tertiary/aromatic N) is 3. The first-order valence-electron chi connectivity index (χ1n) is 6.90. The lowest BCUT2D eigenvalue weighted by Crippen LogP contribution is -2.16. The second-order valence-corrected chi connectivity index (χ2v) is 4.68. The van der Waals surface area contributed by atoms with Crippen molar-refractivity contribution in [1.82, 2.24) is 10.2 Å². The van der Waals surface area contributed by atoms with Gasteiger partial charge < -0.3 is 9.84 Å². The number of aromatic nitrogens is 2. The van der Waals surface area contributed by atoms with E-state index in [1.165, 1.54) is 31.2 Å². The summed E-state index contributed by atoms with van der Waals surface area (Å²) >= 11 is 0. The van der Waals surface area contributed by atoms with Crippen LogP contribution in [-0.4, -0.2) is 38.8 Å². The maximum atomic E-state index is 12.1. The number of ether oxygens (including phenoxy) is 1. The van der Waals surface area contributed by atoms with Crippen LogP contribution in [0, 0.1) is 17.0 Å². The van der Waals surface area contributed by atoms with Gasteiger partial charge in [-0.2, -0.15) is 5.10 Å². The van der Waals surface area contributed by atoms with Gasteiger partial charge in [0.25, 0.3) is 5.69 Å². The number of hydrogen-bond acceptors (Lipinski definition) is 7. The van der Waals surface area contributed by atoms with E-state index >= 15 is 0 Å². The minimum atomic E-state index is -1.37. The SMILES string of the molecule is CCOC(=O)c1nnc(C)c(C(=O)O)c1-c1ccccc1[N+](=O)[O-]. The molecule has 0 saturated carbocycles. The van der Waals surface area contributed by atoms with Crippen LogP contribution in [0.3, 0.4) is 0 Å². The molecule has 0 aliphatic rings. The number of hydrogen-bond donors (Lipinski definition) is 1. The Labute approximate surface area is 136 Å². The zero-order valence-corrected chi connectivity index (χ0v) is 12.8. The Morgan fingerprint density at radius 3 is 2.54 bits per heavy atom. The fourth-order valence-electron chi connectivity index (χ4n) is 2.23. The number of carboxylic acid groups (broad SMARTS) is 1. The van der Waals surface area contributed by atoms with E-state index in [-0.39, 0.29) is 40.4 Å². The summed E-state index contributed by atoms with van der Waals surface area (Å²) in [5.74, 6) is -2.28. The molecular weight excluding hydrogens is 318 g/mol. The highest BCUT2D eigenvalue weighted by molar-refractivity contribution is 6.05. The van der Waals surface area contributed by atoms with Gasteiger partial charge in [0.05, 0.1) is 28.4 Å². The summed E-state index contributed by atoms with van der Waals surface area (Å²) in [6, 6.07) is 5.50. The minimum absolute atomic E-state index is 0.0312. The number of nitro benzene ring substituents is 1. The summed E-state index contributed by atoms with van der Waals surface area (Å²) < 4.78 is 4.86. The molecule has 0 aliphatic carbocycles. The van der Waals surface area contributed by atoms with Gasteiger partial charge >= 0.3 is 11.9 Å². The highest BCUT2D eigenvalue weighted by atomic mass is 16.6. The predicted molar refractivity (Wildman–Crippen MR) is 81.8 cm³/mol. The molecule has 0 saturated heterocycles. The van der Waals surface area contributed by atoms with Crippen molar-refractivity contribution in [2.24, 2.45) is 0 Å². The number of carboxylic acids is 1. The highest BCUT2D eigenvalue weighted by Crippen LogP contribution is 2.35. The number of aromatic carboxylic acids is 1. The molecule has 2 aromatic rings. The van der Waals surface area contributed by atoms with Crippen LogP contribution in [0.1, 0.15) is 33.5 Å². The monoisotopic (exact) mass is 331 g/mol. The number of carbonyl (C=O) groups excluding carboxylic acids is 1. The number of benzene rings is 1. The van der Waals surface area contributed by atoms with Gasteiger partial charge in [-0.3, -0.25) is 10.1 Å². The van der Waals surface area contributed by atoms with Gasteiger partial charge in [0.15, 0.2) is 5.69 Å². The largest absolute Gasteiger partial charge is 0.478 e. The molecule has 9 nitrogen and oxygen atoms in total. The zero-order chi connectivity index (χ0) is 17.9. The van der Waals surface area contributed by atoms with E-state index in [1.807, 2.05) is 0 Å². The molecule has 0 spiro atoms. The standard InChI is InChI=1S/C15H13N3O6/c1-3-24-15(21)13-12(11(14(19)20)8(2)16-17-13)9-6-4-5-7-10(9)18(22)23/h4-7H,3H2,1-2H3,(H,19,20). The van der Waals surface area contributed by atoms with E-state index < -0.39 is 16.9 Å². The van der Waals surface area contributed by atoms with Crippen LogP contribution < -0.4 is 0 Å². The third-order valence-electron chi connectivity index (χ3n) is 3.20. The fourth-order valence-corrected chi connectivity index (χ4v) is 2.23. The molecule has 0 atom stereocenters. The average Bonchev–Trinajstić information content (AvgIpc) is 2.54. The van der Waals surface area contributed by atoms with E-state index in [9.17, 15) is 24.8 Å². The van der Waals surface area contributed by atoms with Crippen LogP contribution >= 0.6 is 0 Å². The number of nitro groups is 1. The second-order valence-electron chi connectivity index (χ2n) is 4.68. The van der Waals surface area contributed by atoms with Gasteiger partial charge in [-0.1, -0.05) is 12.1 Å². The van der Waals surface area contributed by atoms with Gasteiger partial charge in [0, 0.05) is 11.6 Å². The van der Waals surface area contributed by atoms with Crippen molar-refractivity contribution in [3.8, 4) is 11.1 Å². The molecule has 1 aromatic carbocycles. The summed E-state index contributed by atoms with van der Waals surface area (Å²) in [7, 11) is 0. The Bertz CT molecular complexity index is 834. The number of aryl methyl sites for hydroxylation is 1. The Hall–Kier alpha value is -3.36. The van der Waals surface area contributed by atoms with Crippen molar-refractivity contribution in [2.45, 2.75) is 13.8 Å². The molecule has 2 rings (SSSR count). The first kappa shape index (κ1) is 17.0. The van der Waals surface area contributed by atoms with E-state index in [0.717, 1.165) is 0 Å². The zero-order valence-electron chi connectivity index (χ0n) is 12.8. The molecule has 0 unspecified atom stereocenters. The van der Waals surface area contributed by atoms with E-state index in [1.54, 1.807) is 6.92 Å². The Kier molecular flexibility index (Phi) is 4.83. The topological polar surface area (TPSA) is 133 Å². The molecule has 1 N–H and O–H groups in total. The van der Waals surface area contributed by atoms with Crippen molar-refractivity contribution in [3.05, 3.63) is 51.3 Å². The van der Waals surface area contributed by atoms with Gasteiger partial charge in [-0.05, 0) is 19.9 Å². The number of rotatable bonds is 5. The highest BCUT2D eigenvalue weighted by Gasteiger charge is 2.29. The lowest BCUT2D eigenvalue weighted by Gasteiger charge is -2.12. The third-order valence-corrected chi connectivity index (χ3v) is 3.20. The summed E-state index contributed by atoms with van der Waals surface area (Å²) in [6.45, 7) is 3.00. The van der Waals surface area contributed by atoms with Gasteiger partial charge in [-0.25, -0.2) is 9.59 Å². The first-order valence-corrected chi connectivity index (χ1v) is 6.90. The molecule has 1 aromatic heterocycles. The minimum Gasteiger partial charge on any atom is -0.478 e. The molecular formula is C15H13N3O6. The van der Waals surface area contributed by atoms with Crippen molar-refractivity contribution < 1.29 is 24.4 Å². The second kappa shape index (κ2) is 6.82. The molecule has 0 radical (unpaired) electrons. The molecule has 24 heavy (non-hydrogen) atoms. The number of carbonyl (C=O) groups is 2. The smallest absolute Gasteiger partial charge is 0.359 e. The van der Waals surface area contributed by atoms with Crippen molar-refractivity contribution in [2.75, 3.05) is 6.61 Å². The number of esters is 1. The summed E-state index contributed by atoms with van der Waals surface area (Å²) in [6.07, 6.45) is 0. The van der Waals surface area contributed by atoms with Crippen LogP contribution in [0.5, 0.6) is 0 Å². The molecule has 1 heterocycles. The van der Waals surface area contributed by atoms with Gasteiger partial charge in [0.2, 0.25) is 0 Å². The number of para-hydroxylation sites is 1. The van der Waals surface area contributed by atoms with Crippen LogP contribution in [-0.2, 0) is 4.74 Å². The predicted octanol–water partition coefficient (Wildman–Crippen LogP) is 2.24. The maximum Gasteiger partial charge on any atom is 0.359 e. The van der Waals surface area contributed by atoms with E-state index in [2.05, 4.69) is 10.2 Å². The van der Waals surface area contributed by atoms with Crippen LogP contribution in [0.15, 0.2) is 24.3 Å². The van der Waals surface area contributed by atoms with Crippen molar-refractivity contribution in [3.63, 3.8) is 0 Å². The molecule has 9 heteroatoms. The Balaban J connectivity index is 2.89. The van der Waals surface area contributed by atoms with E-state index in [0.29, 0.717) is 0 Å².